The van der Waals surface area contributed by atoms with E-state index < -0.39 is 0 Å². The number of ether oxygens (including phenoxy) is 1. The third kappa shape index (κ3) is 4.51. The second-order valence-corrected chi connectivity index (χ2v) is 5.90. The fraction of sp³-hybridized carbons (Fsp3) is 0.625. The number of likely N-dealkylation sites (N-methyl/N-ethyl adjacent to an activating group) is 1. The van der Waals surface area contributed by atoms with Gasteiger partial charge in [0, 0.05) is 18.6 Å². The summed E-state index contributed by atoms with van der Waals surface area (Å²) in [6, 6.07) is 9.68. The molecule has 1 aliphatic carbocycles. The zero-order valence-corrected chi connectivity index (χ0v) is 12.5. The first-order chi connectivity index (χ1) is 9.06. The standard InChI is InChI=1S/C16H26N2O/c1-12(2)19-15-9-5-13(6-10-15)16(18(3)4)11-17-14-7-8-14/h5-6,9-10,12,14,16-17H,7-8,11H2,1-4H3. The first-order valence-corrected chi connectivity index (χ1v) is 7.22. The van der Waals surface area contributed by atoms with Crippen LogP contribution < -0.4 is 10.1 Å². The Morgan fingerprint density at radius 3 is 2.32 bits per heavy atom. The largest absolute Gasteiger partial charge is 0.491 e. The highest BCUT2D eigenvalue weighted by atomic mass is 16.5. The predicted octanol–water partition coefficient (Wildman–Crippen LogP) is 2.83. The molecular formula is C16H26N2O. The number of hydrogen-bond donors (Lipinski definition) is 1. The van der Waals surface area contributed by atoms with E-state index >= 15 is 0 Å². The third-order valence-electron chi connectivity index (χ3n) is 3.44. The monoisotopic (exact) mass is 262 g/mol. The van der Waals surface area contributed by atoms with Crippen LogP contribution in [0.4, 0.5) is 0 Å². The van der Waals surface area contributed by atoms with E-state index in [2.05, 4.69) is 62.4 Å². The summed E-state index contributed by atoms with van der Waals surface area (Å²) in [6.45, 7) is 5.12. The second-order valence-electron chi connectivity index (χ2n) is 5.90. The van der Waals surface area contributed by atoms with Gasteiger partial charge in [-0.25, -0.2) is 0 Å². The molecule has 1 fully saturated rings. The number of benzene rings is 1. The highest BCUT2D eigenvalue weighted by Crippen LogP contribution is 2.24. The minimum Gasteiger partial charge on any atom is -0.491 e. The number of rotatable bonds is 7. The van der Waals surface area contributed by atoms with Gasteiger partial charge in [-0.3, -0.25) is 0 Å². The smallest absolute Gasteiger partial charge is 0.119 e. The van der Waals surface area contributed by atoms with Gasteiger partial charge in [0.1, 0.15) is 5.75 Å². The van der Waals surface area contributed by atoms with E-state index in [9.17, 15) is 0 Å². The summed E-state index contributed by atoms with van der Waals surface area (Å²) in [5.41, 5.74) is 1.34. The summed E-state index contributed by atoms with van der Waals surface area (Å²) in [6.07, 6.45) is 2.90. The first-order valence-electron chi connectivity index (χ1n) is 7.22. The molecule has 1 aromatic carbocycles. The Balaban J connectivity index is 1.99. The van der Waals surface area contributed by atoms with E-state index in [1.165, 1.54) is 18.4 Å². The lowest BCUT2D eigenvalue weighted by atomic mass is 10.1. The molecule has 1 aliphatic rings. The van der Waals surface area contributed by atoms with Crippen LogP contribution in [0.5, 0.6) is 5.75 Å². The van der Waals surface area contributed by atoms with Gasteiger partial charge in [-0.05, 0) is 58.5 Å². The highest BCUT2D eigenvalue weighted by molar-refractivity contribution is 5.29. The molecule has 19 heavy (non-hydrogen) atoms. The average molecular weight is 262 g/mol. The third-order valence-corrected chi connectivity index (χ3v) is 3.44. The Labute approximate surface area is 116 Å². The van der Waals surface area contributed by atoms with E-state index in [1.807, 2.05) is 0 Å². The fourth-order valence-electron chi connectivity index (χ4n) is 2.21. The van der Waals surface area contributed by atoms with Crippen LogP contribution in [0.1, 0.15) is 38.3 Å². The van der Waals surface area contributed by atoms with Gasteiger partial charge in [0.15, 0.2) is 0 Å². The van der Waals surface area contributed by atoms with Gasteiger partial charge < -0.3 is 15.0 Å². The molecule has 0 aliphatic heterocycles. The molecule has 0 heterocycles. The Hall–Kier alpha value is -1.06. The summed E-state index contributed by atoms with van der Waals surface area (Å²) < 4.78 is 5.69. The maximum absolute atomic E-state index is 5.69. The van der Waals surface area contributed by atoms with Gasteiger partial charge in [-0.15, -0.1) is 0 Å². The van der Waals surface area contributed by atoms with Crippen LogP contribution in [0.15, 0.2) is 24.3 Å². The van der Waals surface area contributed by atoms with Gasteiger partial charge >= 0.3 is 0 Å². The lowest BCUT2D eigenvalue weighted by Gasteiger charge is -2.25. The summed E-state index contributed by atoms with van der Waals surface area (Å²) in [5, 5.41) is 3.61. The lowest BCUT2D eigenvalue weighted by molar-refractivity contribution is 0.242. The van der Waals surface area contributed by atoms with Crippen molar-refractivity contribution in [1.29, 1.82) is 0 Å². The number of nitrogens with one attached hydrogen (secondary N) is 1. The molecule has 0 aromatic heterocycles. The van der Waals surface area contributed by atoms with E-state index in [1.54, 1.807) is 0 Å². The van der Waals surface area contributed by atoms with E-state index in [-0.39, 0.29) is 6.10 Å². The van der Waals surface area contributed by atoms with Crippen molar-refractivity contribution in [1.82, 2.24) is 10.2 Å². The molecule has 0 radical (unpaired) electrons. The molecule has 1 N–H and O–H groups in total. The van der Waals surface area contributed by atoms with E-state index in [0.29, 0.717) is 6.04 Å². The average Bonchev–Trinajstić information content (AvgIpc) is 3.14. The molecule has 2 rings (SSSR count). The van der Waals surface area contributed by atoms with Crippen LogP contribution in [0, 0.1) is 0 Å². The quantitative estimate of drug-likeness (QED) is 0.818. The SMILES string of the molecule is CC(C)Oc1ccc(C(CNC2CC2)N(C)C)cc1. The molecular weight excluding hydrogens is 236 g/mol. The van der Waals surface area contributed by atoms with Crippen molar-refractivity contribution in [2.24, 2.45) is 0 Å². The minimum absolute atomic E-state index is 0.229. The van der Waals surface area contributed by atoms with Crippen molar-refractivity contribution in [3.8, 4) is 5.75 Å². The van der Waals surface area contributed by atoms with E-state index in [4.69, 9.17) is 4.74 Å². The summed E-state index contributed by atoms with van der Waals surface area (Å²) in [7, 11) is 4.27. The molecule has 3 heteroatoms. The van der Waals surface area contributed by atoms with Gasteiger partial charge in [0.05, 0.1) is 6.10 Å². The van der Waals surface area contributed by atoms with E-state index in [0.717, 1.165) is 18.3 Å². The topological polar surface area (TPSA) is 24.5 Å². The van der Waals surface area contributed by atoms with Crippen LogP contribution in [0.3, 0.4) is 0 Å². The maximum atomic E-state index is 5.69. The van der Waals surface area contributed by atoms with Gasteiger partial charge in [0.25, 0.3) is 0 Å². The molecule has 106 valence electrons. The molecule has 0 amide bonds. The first kappa shape index (κ1) is 14.4. The Morgan fingerprint density at radius 2 is 1.84 bits per heavy atom. The predicted molar refractivity (Wildman–Crippen MR) is 79.7 cm³/mol. The van der Waals surface area contributed by atoms with Crippen molar-refractivity contribution in [2.45, 2.75) is 44.9 Å². The van der Waals surface area contributed by atoms with Crippen LogP contribution in [0.2, 0.25) is 0 Å². The van der Waals surface area contributed by atoms with Crippen molar-refractivity contribution in [2.75, 3.05) is 20.6 Å². The zero-order valence-electron chi connectivity index (χ0n) is 12.5. The van der Waals surface area contributed by atoms with Crippen LogP contribution in [0.25, 0.3) is 0 Å². The van der Waals surface area contributed by atoms with Crippen molar-refractivity contribution in [3.05, 3.63) is 29.8 Å². The van der Waals surface area contributed by atoms with Crippen molar-refractivity contribution < 1.29 is 4.74 Å². The zero-order chi connectivity index (χ0) is 13.8. The van der Waals surface area contributed by atoms with Crippen LogP contribution in [-0.4, -0.2) is 37.7 Å². The van der Waals surface area contributed by atoms with Crippen molar-refractivity contribution >= 4 is 0 Å². The van der Waals surface area contributed by atoms with Gasteiger partial charge in [-0.2, -0.15) is 0 Å². The minimum atomic E-state index is 0.229. The molecule has 1 atom stereocenters. The van der Waals surface area contributed by atoms with Gasteiger partial charge in [-0.1, -0.05) is 12.1 Å². The highest BCUT2D eigenvalue weighted by Gasteiger charge is 2.23. The van der Waals surface area contributed by atoms with Gasteiger partial charge in [0.2, 0.25) is 0 Å². The summed E-state index contributed by atoms with van der Waals surface area (Å²) in [4.78, 5) is 2.27. The molecule has 1 saturated carbocycles. The molecule has 0 spiro atoms. The number of nitrogens with zero attached hydrogens (tertiary/aromatic N) is 1. The van der Waals surface area contributed by atoms with Crippen molar-refractivity contribution in [3.63, 3.8) is 0 Å². The molecule has 3 nitrogen and oxygen atoms in total. The molecule has 0 saturated heterocycles. The lowest BCUT2D eigenvalue weighted by Crippen LogP contribution is -2.32. The normalized spacial score (nSPS) is 16.9. The second kappa shape index (κ2) is 6.40. The Bertz CT molecular complexity index is 382. The Morgan fingerprint density at radius 1 is 1.21 bits per heavy atom. The number of hydrogen-bond acceptors (Lipinski definition) is 3. The fourth-order valence-corrected chi connectivity index (χ4v) is 2.21. The Kier molecular flexibility index (Phi) is 4.83. The molecule has 1 aromatic rings. The van der Waals surface area contributed by atoms with Crippen LogP contribution in [-0.2, 0) is 0 Å². The summed E-state index contributed by atoms with van der Waals surface area (Å²) >= 11 is 0. The van der Waals surface area contributed by atoms with Crippen LogP contribution >= 0.6 is 0 Å². The summed E-state index contributed by atoms with van der Waals surface area (Å²) in [5.74, 6) is 0.950. The molecule has 1 unspecified atom stereocenters. The molecule has 0 bridgehead atoms. The maximum Gasteiger partial charge on any atom is 0.119 e.